The molecule has 0 N–H and O–H groups in total. The summed E-state index contributed by atoms with van der Waals surface area (Å²) in [7, 11) is 0. The van der Waals surface area contributed by atoms with Crippen LogP contribution >= 0.6 is 23.2 Å². The van der Waals surface area contributed by atoms with Crippen LogP contribution in [-0.2, 0) is 9.63 Å². The SMILES string of the molecule is CCCCN(CC)C(=O)C(Cl)ON=Cc1ccccc1Cl. The Kier molecular flexibility index (Phi) is 8.16. The number of unbranched alkanes of at least 4 members (excludes halogenated alkanes) is 1. The lowest BCUT2D eigenvalue weighted by molar-refractivity contribution is -0.138. The molecule has 1 aromatic rings. The van der Waals surface area contributed by atoms with Gasteiger partial charge in [0, 0.05) is 23.7 Å². The van der Waals surface area contributed by atoms with Crippen molar-refractivity contribution < 1.29 is 9.63 Å². The normalized spacial score (nSPS) is 12.4. The molecule has 0 heterocycles. The lowest BCUT2D eigenvalue weighted by atomic mass is 10.2. The Morgan fingerprint density at radius 3 is 2.76 bits per heavy atom. The molecule has 0 aliphatic carbocycles. The third-order valence-corrected chi connectivity index (χ3v) is 3.53. The van der Waals surface area contributed by atoms with Crippen LogP contribution in [-0.4, -0.2) is 35.7 Å². The van der Waals surface area contributed by atoms with E-state index in [1.165, 1.54) is 6.21 Å². The van der Waals surface area contributed by atoms with Crippen molar-refractivity contribution in [2.24, 2.45) is 5.16 Å². The lowest BCUT2D eigenvalue weighted by Gasteiger charge is -2.21. The molecule has 1 aromatic carbocycles. The first-order valence-electron chi connectivity index (χ1n) is 6.96. The van der Waals surface area contributed by atoms with E-state index in [1.807, 2.05) is 19.1 Å². The van der Waals surface area contributed by atoms with Crippen molar-refractivity contribution in [1.82, 2.24) is 4.90 Å². The minimum absolute atomic E-state index is 0.274. The Hall–Kier alpha value is -1.26. The maximum atomic E-state index is 12.1. The zero-order valence-corrected chi connectivity index (χ0v) is 13.8. The van der Waals surface area contributed by atoms with Crippen molar-refractivity contribution in [2.75, 3.05) is 13.1 Å². The maximum absolute atomic E-state index is 12.1. The first-order valence-corrected chi connectivity index (χ1v) is 7.78. The summed E-state index contributed by atoms with van der Waals surface area (Å²) in [5, 5.41) is 4.29. The predicted octanol–water partition coefficient (Wildman–Crippen LogP) is 3.90. The number of halogens is 2. The molecule has 1 amide bonds. The number of alkyl halides is 1. The minimum Gasteiger partial charge on any atom is -0.366 e. The van der Waals surface area contributed by atoms with E-state index in [0.717, 1.165) is 12.8 Å². The molecule has 0 bridgehead atoms. The minimum atomic E-state index is -1.12. The number of hydrogen-bond acceptors (Lipinski definition) is 3. The number of rotatable bonds is 8. The molecule has 0 saturated carbocycles. The van der Waals surface area contributed by atoms with Gasteiger partial charge >= 0.3 is 0 Å². The van der Waals surface area contributed by atoms with Crippen molar-refractivity contribution >= 4 is 35.3 Å². The van der Waals surface area contributed by atoms with Crippen LogP contribution in [0, 0.1) is 0 Å². The van der Waals surface area contributed by atoms with Crippen LogP contribution in [0.1, 0.15) is 32.3 Å². The number of benzene rings is 1. The first kappa shape index (κ1) is 17.8. The van der Waals surface area contributed by atoms with Gasteiger partial charge in [-0.15, -0.1) is 0 Å². The van der Waals surface area contributed by atoms with Crippen LogP contribution in [0.3, 0.4) is 0 Å². The summed E-state index contributed by atoms with van der Waals surface area (Å²) in [5.41, 5.74) is -0.422. The number of carbonyl (C=O) groups is 1. The first-order chi connectivity index (χ1) is 10.1. The van der Waals surface area contributed by atoms with Crippen molar-refractivity contribution in [3.63, 3.8) is 0 Å². The van der Waals surface area contributed by atoms with E-state index in [-0.39, 0.29) is 5.91 Å². The van der Waals surface area contributed by atoms with Gasteiger partial charge in [-0.05, 0) is 19.4 Å². The highest BCUT2D eigenvalue weighted by atomic mass is 35.5. The van der Waals surface area contributed by atoms with Gasteiger partial charge in [-0.1, -0.05) is 59.9 Å². The van der Waals surface area contributed by atoms with Gasteiger partial charge in [0.1, 0.15) is 0 Å². The molecule has 0 aliphatic heterocycles. The second-order valence-electron chi connectivity index (χ2n) is 4.45. The van der Waals surface area contributed by atoms with Gasteiger partial charge < -0.3 is 9.74 Å². The molecule has 1 rings (SSSR count). The zero-order valence-electron chi connectivity index (χ0n) is 12.3. The number of amides is 1. The van der Waals surface area contributed by atoms with Crippen molar-refractivity contribution in [3.8, 4) is 0 Å². The van der Waals surface area contributed by atoms with Crippen LogP contribution in [0.15, 0.2) is 29.4 Å². The second kappa shape index (κ2) is 9.64. The van der Waals surface area contributed by atoms with Gasteiger partial charge in [-0.25, -0.2) is 0 Å². The van der Waals surface area contributed by atoms with E-state index < -0.39 is 5.56 Å². The van der Waals surface area contributed by atoms with E-state index in [4.69, 9.17) is 28.0 Å². The molecule has 0 fully saturated rings. The summed E-state index contributed by atoms with van der Waals surface area (Å²) in [6.07, 6.45) is 3.39. The molecule has 0 aliphatic rings. The highest BCUT2D eigenvalue weighted by Gasteiger charge is 2.22. The quantitative estimate of drug-likeness (QED) is 0.412. The average molecular weight is 331 g/mol. The van der Waals surface area contributed by atoms with Crippen LogP contribution in [0.25, 0.3) is 0 Å². The fourth-order valence-corrected chi connectivity index (χ4v) is 2.05. The molecular weight excluding hydrogens is 311 g/mol. The van der Waals surface area contributed by atoms with Gasteiger partial charge in [0.05, 0.1) is 6.21 Å². The molecule has 4 nitrogen and oxygen atoms in total. The van der Waals surface area contributed by atoms with E-state index in [1.54, 1.807) is 17.0 Å². The van der Waals surface area contributed by atoms with Crippen LogP contribution < -0.4 is 0 Å². The standard InChI is InChI=1S/C15H20Cl2N2O2/c1-3-5-10-19(4-2)15(20)14(17)21-18-11-12-8-6-7-9-13(12)16/h6-9,11,14H,3-5,10H2,1-2H3. The number of hydrogen-bond donors (Lipinski definition) is 0. The van der Waals surface area contributed by atoms with E-state index in [2.05, 4.69) is 12.1 Å². The van der Waals surface area contributed by atoms with Gasteiger partial charge in [0.15, 0.2) is 0 Å². The number of oxime groups is 1. The third kappa shape index (κ3) is 5.94. The number of likely N-dealkylation sites (N-methyl/N-ethyl adjacent to an activating group) is 1. The van der Waals surface area contributed by atoms with Crippen LogP contribution in [0.4, 0.5) is 0 Å². The van der Waals surface area contributed by atoms with Crippen molar-refractivity contribution in [3.05, 3.63) is 34.9 Å². The fourth-order valence-electron chi connectivity index (χ4n) is 1.68. The number of nitrogens with zero attached hydrogens (tertiary/aromatic N) is 2. The second-order valence-corrected chi connectivity index (χ2v) is 5.25. The average Bonchev–Trinajstić information content (AvgIpc) is 2.49. The van der Waals surface area contributed by atoms with E-state index >= 15 is 0 Å². The Morgan fingerprint density at radius 1 is 1.43 bits per heavy atom. The Labute approximate surface area is 135 Å². The molecule has 116 valence electrons. The smallest absolute Gasteiger partial charge is 0.282 e. The lowest BCUT2D eigenvalue weighted by Crippen LogP contribution is -2.38. The summed E-state index contributed by atoms with van der Waals surface area (Å²) < 4.78 is 0. The third-order valence-electron chi connectivity index (χ3n) is 2.92. The topological polar surface area (TPSA) is 41.9 Å². The van der Waals surface area contributed by atoms with Crippen molar-refractivity contribution in [2.45, 2.75) is 32.3 Å². The van der Waals surface area contributed by atoms with Crippen molar-refractivity contribution in [1.29, 1.82) is 0 Å². The zero-order chi connectivity index (χ0) is 15.7. The van der Waals surface area contributed by atoms with E-state index in [0.29, 0.717) is 23.7 Å². The largest absolute Gasteiger partial charge is 0.366 e. The molecule has 6 heteroatoms. The Balaban J connectivity index is 2.54. The van der Waals surface area contributed by atoms with Crippen LogP contribution in [0.2, 0.25) is 5.02 Å². The fraction of sp³-hybridized carbons (Fsp3) is 0.467. The summed E-state index contributed by atoms with van der Waals surface area (Å²) in [6.45, 7) is 5.25. The molecule has 1 unspecified atom stereocenters. The highest BCUT2D eigenvalue weighted by molar-refractivity contribution is 6.33. The maximum Gasteiger partial charge on any atom is 0.282 e. The summed E-state index contributed by atoms with van der Waals surface area (Å²) in [5.74, 6) is -0.274. The van der Waals surface area contributed by atoms with Gasteiger partial charge in [0.2, 0.25) is 0 Å². The monoisotopic (exact) mass is 330 g/mol. The molecule has 21 heavy (non-hydrogen) atoms. The molecule has 1 atom stereocenters. The molecule has 0 saturated heterocycles. The van der Waals surface area contributed by atoms with Crippen LogP contribution in [0.5, 0.6) is 0 Å². The molecular formula is C15H20Cl2N2O2. The highest BCUT2D eigenvalue weighted by Crippen LogP contribution is 2.13. The van der Waals surface area contributed by atoms with Gasteiger partial charge in [-0.2, -0.15) is 0 Å². The predicted molar refractivity (Wildman–Crippen MR) is 86.9 cm³/mol. The van der Waals surface area contributed by atoms with Gasteiger partial charge in [0.25, 0.3) is 11.5 Å². The molecule has 0 radical (unpaired) electrons. The summed E-state index contributed by atoms with van der Waals surface area (Å²) in [4.78, 5) is 18.7. The molecule has 0 aromatic heterocycles. The summed E-state index contributed by atoms with van der Waals surface area (Å²) in [6, 6.07) is 7.19. The van der Waals surface area contributed by atoms with E-state index in [9.17, 15) is 4.79 Å². The Morgan fingerprint density at radius 2 is 2.14 bits per heavy atom. The Bertz CT molecular complexity index is 480. The number of carbonyl (C=O) groups excluding carboxylic acids is 1. The summed E-state index contributed by atoms with van der Waals surface area (Å²) >= 11 is 11.9. The van der Waals surface area contributed by atoms with Gasteiger partial charge in [-0.3, -0.25) is 4.79 Å². The molecule has 0 spiro atoms.